The van der Waals surface area contributed by atoms with E-state index in [1.807, 2.05) is 6.07 Å². The third kappa shape index (κ3) is 7.08. The van der Waals surface area contributed by atoms with Crippen LogP contribution in [0, 0.1) is 3.57 Å². The molecule has 1 fully saturated rings. The summed E-state index contributed by atoms with van der Waals surface area (Å²) in [6, 6.07) is 13.3. The summed E-state index contributed by atoms with van der Waals surface area (Å²) in [4.78, 5) is 28.0. The number of rotatable bonds is 9. The maximum Gasteiger partial charge on any atom is 0.244 e. The predicted molar refractivity (Wildman–Crippen MR) is 143 cm³/mol. The molecule has 0 heterocycles. The van der Waals surface area contributed by atoms with E-state index >= 15 is 0 Å². The lowest BCUT2D eigenvalue weighted by Crippen LogP contribution is -2.52. The van der Waals surface area contributed by atoms with Gasteiger partial charge in [-0.25, -0.2) is 8.42 Å². The molecule has 0 aliphatic heterocycles. The molecule has 1 aliphatic rings. The molecule has 2 aromatic rings. The number of hydrogen-bond donors (Lipinski definition) is 1. The Morgan fingerprint density at radius 3 is 2.32 bits per heavy atom. The van der Waals surface area contributed by atoms with Gasteiger partial charge in [-0.05, 0) is 78.3 Å². The van der Waals surface area contributed by atoms with Crippen LogP contribution in [0.15, 0.2) is 48.5 Å². The number of carbonyl (C=O) groups is 2. The van der Waals surface area contributed by atoms with Gasteiger partial charge in [-0.15, -0.1) is 0 Å². The minimum atomic E-state index is -3.75. The van der Waals surface area contributed by atoms with E-state index in [0.717, 1.165) is 39.8 Å². The zero-order valence-electron chi connectivity index (χ0n) is 19.2. The van der Waals surface area contributed by atoms with Crippen molar-refractivity contribution in [3.63, 3.8) is 0 Å². The minimum Gasteiger partial charge on any atom is -0.352 e. The van der Waals surface area contributed by atoms with Crippen LogP contribution in [0.1, 0.15) is 38.2 Å². The molecule has 1 unspecified atom stereocenters. The molecule has 7 nitrogen and oxygen atoms in total. The van der Waals surface area contributed by atoms with E-state index < -0.39 is 28.5 Å². The molecule has 0 aromatic heterocycles. The topological polar surface area (TPSA) is 86.8 Å². The fraction of sp³-hybridized carbons (Fsp3) is 0.417. The predicted octanol–water partition coefficient (Wildman–Crippen LogP) is 4.19. The Hall–Kier alpha value is -1.85. The summed E-state index contributed by atoms with van der Waals surface area (Å²) < 4.78 is 27.2. The molecule has 1 N–H and O–H groups in total. The highest BCUT2D eigenvalue weighted by atomic mass is 127. The summed E-state index contributed by atoms with van der Waals surface area (Å²) in [7, 11) is -3.75. The van der Waals surface area contributed by atoms with Gasteiger partial charge in [0.15, 0.2) is 0 Å². The number of nitrogens with one attached hydrogen (secondary N) is 1. The number of nitrogens with zero attached hydrogens (tertiary/aromatic N) is 2. The Morgan fingerprint density at radius 1 is 1.12 bits per heavy atom. The highest BCUT2D eigenvalue weighted by molar-refractivity contribution is 14.1. The van der Waals surface area contributed by atoms with E-state index in [2.05, 4.69) is 27.9 Å². The second-order valence-corrected chi connectivity index (χ2v) is 12.1. The van der Waals surface area contributed by atoms with Gasteiger partial charge >= 0.3 is 0 Å². The van der Waals surface area contributed by atoms with E-state index in [1.54, 1.807) is 49.4 Å². The second-order valence-electron chi connectivity index (χ2n) is 8.53. The summed E-state index contributed by atoms with van der Waals surface area (Å²) in [6.07, 6.45) is 5.05. The Labute approximate surface area is 220 Å². The van der Waals surface area contributed by atoms with Crippen LogP contribution < -0.4 is 9.62 Å². The van der Waals surface area contributed by atoms with Gasteiger partial charge in [0.05, 0.1) is 11.9 Å². The SMILES string of the molecule is CC(C(=O)NC1CCCC1)N(Cc1ccccc1Cl)C(=O)CN(c1ccc(I)cc1)S(C)(=O)=O. The van der Waals surface area contributed by atoms with Gasteiger partial charge in [-0.1, -0.05) is 42.6 Å². The zero-order valence-corrected chi connectivity index (χ0v) is 22.9. The normalized spacial score (nSPS) is 15.1. The standard InChI is InChI=1S/C24H29ClIN3O4S/c1-17(24(31)27-20-8-4-5-9-20)28(15-18-7-3-6-10-22(18)25)23(30)16-29(34(2,32)33)21-13-11-19(26)12-14-21/h3,6-7,10-14,17,20H,4-5,8-9,15-16H2,1-2H3,(H,27,31). The summed E-state index contributed by atoms with van der Waals surface area (Å²) in [5.41, 5.74) is 1.07. The monoisotopic (exact) mass is 617 g/mol. The lowest BCUT2D eigenvalue weighted by molar-refractivity contribution is -0.139. The summed E-state index contributed by atoms with van der Waals surface area (Å²) in [6.45, 7) is 1.32. The molecule has 34 heavy (non-hydrogen) atoms. The Kier molecular flexibility index (Phi) is 9.22. The average molecular weight is 618 g/mol. The Balaban J connectivity index is 1.88. The molecule has 0 bridgehead atoms. The maximum atomic E-state index is 13.5. The van der Waals surface area contributed by atoms with Crippen molar-refractivity contribution in [3.8, 4) is 0 Å². The average Bonchev–Trinajstić information content (AvgIpc) is 3.29. The van der Waals surface area contributed by atoms with E-state index in [0.29, 0.717) is 16.3 Å². The molecule has 0 radical (unpaired) electrons. The lowest BCUT2D eigenvalue weighted by atomic mass is 10.1. The van der Waals surface area contributed by atoms with Crippen molar-refractivity contribution in [2.24, 2.45) is 0 Å². The summed E-state index contributed by atoms with van der Waals surface area (Å²) in [5, 5.41) is 3.51. The minimum absolute atomic E-state index is 0.0854. The molecule has 0 saturated heterocycles. The van der Waals surface area contributed by atoms with Crippen LogP contribution in [-0.2, 0) is 26.2 Å². The van der Waals surface area contributed by atoms with Crippen molar-refractivity contribution in [1.29, 1.82) is 0 Å². The van der Waals surface area contributed by atoms with Crippen LogP contribution in [0.25, 0.3) is 0 Å². The molecule has 2 amide bonds. The lowest BCUT2D eigenvalue weighted by Gasteiger charge is -2.32. The fourth-order valence-corrected chi connectivity index (χ4v) is 5.41. The number of anilines is 1. The highest BCUT2D eigenvalue weighted by Crippen LogP contribution is 2.23. The Morgan fingerprint density at radius 2 is 1.74 bits per heavy atom. The van der Waals surface area contributed by atoms with Crippen molar-refractivity contribution in [2.45, 2.75) is 51.2 Å². The molecule has 2 aromatic carbocycles. The van der Waals surface area contributed by atoms with Gasteiger partial charge in [0.2, 0.25) is 21.8 Å². The van der Waals surface area contributed by atoms with Crippen molar-refractivity contribution in [3.05, 3.63) is 62.7 Å². The number of amides is 2. The van der Waals surface area contributed by atoms with Gasteiger partial charge in [-0.2, -0.15) is 0 Å². The molecule has 1 atom stereocenters. The van der Waals surface area contributed by atoms with Crippen LogP contribution in [0.3, 0.4) is 0 Å². The van der Waals surface area contributed by atoms with Crippen molar-refractivity contribution in [1.82, 2.24) is 10.2 Å². The van der Waals surface area contributed by atoms with E-state index in [9.17, 15) is 18.0 Å². The summed E-state index contributed by atoms with van der Waals surface area (Å²) in [5.74, 6) is -0.745. The van der Waals surface area contributed by atoms with Gasteiger partial charge in [0.1, 0.15) is 12.6 Å². The molecule has 3 rings (SSSR count). The van der Waals surface area contributed by atoms with E-state index in [4.69, 9.17) is 11.6 Å². The van der Waals surface area contributed by atoms with Crippen LogP contribution in [-0.4, -0.2) is 50.0 Å². The third-order valence-corrected chi connectivity index (χ3v) is 8.19. The number of sulfonamides is 1. The largest absolute Gasteiger partial charge is 0.352 e. The second kappa shape index (κ2) is 11.7. The van der Waals surface area contributed by atoms with Gasteiger partial charge in [-0.3, -0.25) is 13.9 Å². The molecule has 0 spiro atoms. The first-order valence-electron chi connectivity index (χ1n) is 11.1. The van der Waals surface area contributed by atoms with Crippen molar-refractivity contribution in [2.75, 3.05) is 17.1 Å². The van der Waals surface area contributed by atoms with Crippen LogP contribution in [0.2, 0.25) is 5.02 Å². The van der Waals surface area contributed by atoms with Crippen molar-refractivity contribution >= 4 is 61.7 Å². The van der Waals surface area contributed by atoms with Crippen LogP contribution in [0.4, 0.5) is 5.69 Å². The first kappa shape index (κ1) is 26.7. The Bertz CT molecular complexity index is 1120. The number of halogens is 2. The maximum absolute atomic E-state index is 13.5. The van der Waals surface area contributed by atoms with E-state index in [-0.39, 0.29) is 18.5 Å². The zero-order chi connectivity index (χ0) is 24.9. The quantitative estimate of drug-likeness (QED) is 0.428. The fourth-order valence-electron chi connectivity index (χ4n) is 4.01. The van der Waals surface area contributed by atoms with Gasteiger partial charge in [0.25, 0.3) is 0 Å². The van der Waals surface area contributed by atoms with Crippen LogP contribution in [0.5, 0.6) is 0 Å². The molecular formula is C24H29ClIN3O4S. The van der Waals surface area contributed by atoms with Crippen LogP contribution >= 0.6 is 34.2 Å². The first-order chi connectivity index (χ1) is 16.1. The molecule has 184 valence electrons. The number of carbonyl (C=O) groups excluding carboxylic acids is 2. The molecule has 1 saturated carbocycles. The number of hydrogen-bond acceptors (Lipinski definition) is 4. The molecule has 1 aliphatic carbocycles. The highest BCUT2D eigenvalue weighted by Gasteiger charge is 2.31. The first-order valence-corrected chi connectivity index (χ1v) is 14.4. The smallest absolute Gasteiger partial charge is 0.244 e. The molecular weight excluding hydrogens is 589 g/mol. The third-order valence-electron chi connectivity index (χ3n) is 5.96. The van der Waals surface area contributed by atoms with E-state index in [1.165, 1.54) is 4.90 Å². The molecule has 10 heteroatoms. The van der Waals surface area contributed by atoms with Crippen molar-refractivity contribution < 1.29 is 18.0 Å². The van der Waals surface area contributed by atoms with Gasteiger partial charge in [0, 0.05) is 21.2 Å². The summed E-state index contributed by atoms with van der Waals surface area (Å²) >= 11 is 8.47. The van der Waals surface area contributed by atoms with Gasteiger partial charge < -0.3 is 10.2 Å². The number of benzene rings is 2.